The van der Waals surface area contributed by atoms with Gasteiger partial charge < -0.3 is 19.5 Å². The first-order valence-electron chi connectivity index (χ1n) is 7.14. The average molecular weight is 370 g/mol. The van der Waals surface area contributed by atoms with E-state index in [1.54, 1.807) is 24.3 Å². The predicted octanol–water partition coefficient (Wildman–Crippen LogP) is 4.42. The molecule has 0 aromatic heterocycles. The molecule has 0 aliphatic rings. The second-order valence-electron chi connectivity index (χ2n) is 4.76. The molecule has 2 aromatic carbocycles. The largest absolute Gasteiger partial charge is 0.495 e. The Morgan fingerprint density at radius 3 is 2.38 bits per heavy atom. The van der Waals surface area contributed by atoms with Crippen LogP contribution in [-0.2, 0) is 4.79 Å². The van der Waals surface area contributed by atoms with E-state index in [0.29, 0.717) is 33.0 Å². The minimum atomic E-state index is -0.232. The molecule has 1 N–H and O–H groups in total. The maximum atomic E-state index is 12.1. The van der Waals surface area contributed by atoms with Crippen molar-refractivity contribution in [2.24, 2.45) is 0 Å². The maximum absolute atomic E-state index is 12.1. The van der Waals surface area contributed by atoms with Crippen LogP contribution in [0.25, 0.3) is 0 Å². The Labute approximate surface area is 150 Å². The van der Waals surface area contributed by atoms with Gasteiger partial charge in [0.2, 0.25) is 5.91 Å². The number of amides is 1. The van der Waals surface area contributed by atoms with Gasteiger partial charge in [0, 0.05) is 12.1 Å². The molecule has 0 radical (unpaired) electrons. The molecule has 1 amide bonds. The lowest BCUT2D eigenvalue weighted by atomic mass is 10.2. The van der Waals surface area contributed by atoms with E-state index in [9.17, 15) is 4.79 Å². The molecular formula is C17H17Cl2NO4. The molecule has 0 bridgehead atoms. The zero-order valence-electron chi connectivity index (χ0n) is 13.3. The summed E-state index contributed by atoms with van der Waals surface area (Å²) in [5, 5.41) is 3.65. The maximum Gasteiger partial charge on any atom is 0.227 e. The van der Waals surface area contributed by atoms with Crippen LogP contribution in [0.4, 0.5) is 5.69 Å². The molecule has 5 nitrogen and oxygen atoms in total. The van der Waals surface area contributed by atoms with Crippen molar-refractivity contribution in [2.75, 3.05) is 26.1 Å². The third-order valence-electron chi connectivity index (χ3n) is 3.17. The standard InChI is InChI=1S/C17H17Cl2NO4/c1-22-15-10-13(16(23-2)9-12(15)19)20-17(21)7-8-24-14-6-4-3-5-11(14)18/h3-6,9-10H,7-8H2,1-2H3,(H,20,21). The normalized spacial score (nSPS) is 10.2. The fourth-order valence-electron chi connectivity index (χ4n) is 1.99. The first-order chi connectivity index (χ1) is 11.5. The van der Waals surface area contributed by atoms with E-state index in [1.807, 2.05) is 12.1 Å². The zero-order chi connectivity index (χ0) is 17.5. The number of ether oxygens (including phenoxy) is 3. The highest BCUT2D eigenvalue weighted by Gasteiger charge is 2.13. The predicted molar refractivity (Wildman–Crippen MR) is 94.7 cm³/mol. The van der Waals surface area contributed by atoms with E-state index in [4.69, 9.17) is 37.4 Å². The number of halogens is 2. The summed E-state index contributed by atoms with van der Waals surface area (Å²) in [6.45, 7) is 0.197. The summed E-state index contributed by atoms with van der Waals surface area (Å²) in [7, 11) is 2.99. The van der Waals surface area contributed by atoms with Gasteiger partial charge in [0.1, 0.15) is 17.2 Å². The van der Waals surface area contributed by atoms with Crippen molar-refractivity contribution < 1.29 is 19.0 Å². The summed E-state index contributed by atoms with van der Waals surface area (Å²) >= 11 is 12.0. The van der Waals surface area contributed by atoms with Crippen LogP contribution in [-0.4, -0.2) is 26.7 Å². The van der Waals surface area contributed by atoms with Crippen LogP contribution >= 0.6 is 23.2 Å². The Kier molecular flexibility index (Phi) is 6.58. The van der Waals surface area contributed by atoms with E-state index in [2.05, 4.69) is 5.32 Å². The number of methoxy groups -OCH3 is 2. The Bertz CT molecular complexity index is 722. The second kappa shape index (κ2) is 8.66. The van der Waals surface area contributed by atoms with Crippen LogP contribution in [0, 0.1) is 0 Å². The van der Waals surface area contributed by atoms with Gasteiger partial charge >= 0.3 is 0 Å². The molecule has 0 aliphatic carbocycles. The molecule has 0 spiro atoms. The Hall–Kier alpha value is -2.11. The molecule has 0 aliphatic heterocycles. The lowest BCUT2D eigenvalue weighted by Crippen LogP contribution is -2.16. The van der Waals surface area contributed by atoms with E-state index < -0.39 is 0 Å². The monoisotopic (exact) mass is 369 g/mol. The zero-order valence-corrected chi connectivity index (χ0v) is 14.8. The van der Waals surface area contributed by atoms with Crippen LogP contribution in [0.5, 0.6) is 17.2 Å². The lowest BCUT2D eigenvalue weighted by molar-refractivity contribution is -0.116. The number of nitrogens with one attached hydrogen (secondary N) is 1. The first-order valence-corrected chi connectivity index (χ1v) is 7.89. The fraction of sp³-hybridized carbons (Fsp3) is 0.235. The van der Waals surface area contributed by atoms with Gasteiger partial charge in [-0.3, -0.25) is 4.79 Å². The van der Waals surface area contributed by atoms with Crippen LogP contribution in [0.15, 0.2) is 36.4 Å². The lowest BCUT2D eigenvalue weighted by Gasteiger charge is -2.13. The summed E-state index contributed by atoms with van der Waals surface area (Å²) in [6.07, 6.45) is 0.152. The highest BCUT2D eigenvalue weighted by atomic mass is 35.5. The molecule has 128 valence electrons. The van der Waals surface area contributed by atoms with Crippen molar-refractivity contribution >= 4 is 34.8 Å². The van der Waals surface area contributed by atoms with Gasteiger partial charge in [0.25, 0.3) is 0 Å². The smallest absolute Gasteiger partial charge is 0.227 e. The summed E-state index contributed by atoms with van der Waals surface area (Å²) in [4.78, 5) is 12.1. The molecule has 24 heavy (non-hydrogen) atoms. The first kappa shape index (κ1) is 18.2. The van der Waals surface area contributed by atoms with Crippen molar-refractivity contribution in [2.45, 2.75) is 6.42 Å². The van der Waals surface area contributed by atoms with Gasteiger partial charge in [-0.1, -0.05) is 35.3 Å². The highest BCUT2D eigenvalue weighted by Crippen LogP contribution is 2.35. The highest BCUT2D eigenvalue weighted by molar-refractivity contribution is 6.32. The van der Waals surface area contributed by atoms with E-state index in [0.717, 1.165) is 0 Å². The SMILES string of the molecule is COc1cc(NC(=O)CCOc2ccccc2Cl)c(OC)cc1Cl. The molecule has 0 saturated heterocycles. The van der Waals surface area contributed by atoms with Crippen molar-refractivity contribution in [3.8, 4) is 17.2 Å². The fourth-order valence-corrected chi connectivity index (χ4v) is 2.41. The van der Waals surface area contributed by atoms with Gasteiger partial charge in [-0.2, -0.15) is 0 Å². The van der Waals surface area contributed by atoms with Crippen LogP contribution < -0.4 is 19.5 Å². The third-order valence-corrected chi connectivity index (χ3v) is 3.78. The van der Waals surface area contributed by atoms with E-state index >= 15 is 0 Å². The number of hydrogen-bond donors (Lipinski definition) is 1. The summed E-state index contributed by atoms with van der Waals surface area (Å²) in [5.74, 6) is 1.20. The number of hydrogen-bond acceptors (Lipinski definition) is 4. The molecule has 0 atom stereocenters. The summed E-state index contributed by atoms with van der Waals surface area (Å²) < 4.78 is 15.8. The molecular weight excluding hydrogens is 353 g/mol. The average Bonchev–Trinajstić information content (AvgIpc) is 2.57. The van der Waals surface area contributed by atoms with Gasteiger partial charge in [0.15, 0.2) is 0 Å². The number of rotatable bonds is 7. The molecule has 0 saturated carbocycles. The Morgan fingerprint density at radius 2 is 1.71 bits per heavy atom. The second-order valence-corrected chi connectivity index (χ2v) is 5.58. The molecule has 0 heterocycles. The minimum absolute atomic E-state index is 0.152. The molecule has 2 aromatic rings. The van der Waals surface area contributed by atoms with Crippen LogP contribution in [0.3, 0.4) is 0 Å². The van der Waals surface area contributed by atoms with Gasteiger partial charge in [-0.15, -0.1) is 0 Å². The van der Waals surface area contributed by atoms with E-state index in [-0.39, 0.29) is 18.9 Å². The van der Waals surface area contributed by atoms with Crippen LogP contribution in [0.2, 0.25) is 10.0 Å². The molecule has 2 rings (SSSR count). The topological polar surface area (TPSA) is 56.8 Å². The van der Waals surface area contributed by atoms with Crippen molar-refractivity contribution in [1.82, 2.24) is 0 Å². The van der Waals surface area contributed by atoms with Crippen molar-refractivity contribution in [1.29, 1.82) is 0 Å². The van der Waals surface area contributed by atoms with Crippen molar-refractivity contribution in [3.63, 3.8) is 0 Å². The summed E-state index contributed by atoms with van der Waals surface area (Å²) in [6, 6.07) is 10.3. The number of para-hydroxylation sites is 1. The molecule has 0 unspecified atom stereocenters. The summed E-state index contributed by atoms with van der Waals surface area (Å²) in [5.41, 5.74) is 0.474. The minimum Gasteiger partial charge on any atom is -0.495 e. The van der Waals surface area contributed by atoms with Gasteiger partial charge in [-0.05, 0) is 12.1 Å². The quantitative estimate of drug-likeness (QED) is 0.784. The van der Waals surface area contributed by atoms with Gasteiger partial charge in [-0.25, -0.2) is 0 Å². The third kappa shape index (κ3) is 4.69. The molecule has 0 fully saturated rings. The number of carbonyl (C=O) groups excluding carboxylic acids is 1. The number of benzene rings is 2. The number of anilines is 1. The van der Waals surface area contributed by atoms with Crippen molar-refractivity contribution in [3.05, 3.63) is 46.4 Å². The Morgan fingerprint density at radius 1 is 1.00 bits per heavy atom. The van der Waals surface area contributed by atoms with Crippen LogP contribution in [0.1, 0.15) is 6.42 Å². The number of carbonyl (C=O) groups is 1. The van der Waals surface area contributed by atoms with E-state index in [1.165, 1.54) is 14.2 Å². The Balaban J connectivity index is 1.96. The molecule has 7 heteroatoms. The van der Waals surface area contributed by atoms with Gasteiger partial charge in [0.05, 0.1) is 43.0 Å².